The highest BCUT2D eigenvalue weighted by Gasteiger charge is 2.10. The SMILES string of the molecule is C/C=C\C(S)c1ccc(-c2ccc(-c3cccs3)s2)s1. The first-order chi connectivity index (χ1) is 9.78. The fourth-order valence-corrected chi connectivity index (χ4v) is 5.26. The highest BCUT2D eigenvalue weighted by atomic mass is 32.1. The quantitative estimate of drug-likeness (QED) is 0.396. The van der Waals surface area contributed by atoms with Crippen LogP contribution >= 0.6 is 46.6 Å². The summed E-state index contributed by atoms with van der Waals surface area (Å²) in [5.74, 6) is 0. The van der Waals surface area contributed by atoms with Crippen molar-refractivity contribution >= 4 is 46.6 Å². The Morgan fingerprint density at radius 1 is 0.950 bits per heavy atom. The Morgan fingerprint density at radius 2 is 1.65 bits per heavy atom. The zero-order valence-corrected chi connectivity index (χ0v) is 14.3. The first-order valence-electron chi connectivity index (χ1n) is 6.32. The van der Waals surface area contributed by atoms with Gasteiger partial charge in [-0.25, -0.2) is 0 Å². The Balaban J connectivity index is 1.87. The van der Waals surface area contributed by atoms with Gasteiger partial charge >= 0.3 is 0 Å². The van der Waals surface area contributed by atoms with Crippen LogP contribution in [-0.2, 0) is 0 Å². The van der Waals surface area contributed by atoms with E-state index in [-0.39, 0.29) is 5.25 Å². The second-order valence-electron chi connectivity index (χ2n) is 4.31. The Morgan fingerprint density at radius 3 is 2.35 bits per heavy atom. The van der Waals surface area contributed by atoms with Gasteiger partial charge in [0.05, 0.1) is 5.25 Å². The fourth-order valence-electron chi connectivity index (χ4n) is 1.94. The third-order valence-corrected chi connectivity index (χ3v) is 7.05. The van der Waals surface area contributed by atoms with Gasteiger partial charge in [0.2, 0.25) is 0 Å². The van der Waals surface area contributed by atoms with Gasteiger partial charge in [0.1, 0.15) is 0 Å². The van der Waals surface area contributed by atoms with Crippen LogP contribution in [0.4, 0.5) is 0 Å². The number of thiophene rings is 3. The van der Waals surface area contributed by atoms with E-state index in [0.717, 1.165) is 0 Å². The van der Waals surface area contributed by atoms with E-state index < -0.39 is 0 Å². The maximum Gasteiger partial charge on any atom is 0.0540 e. The topological polar surface area (TPSA) is 0 Å². The lowest BCUT2D eigenvalue weighted by Gasteiger charge is -1.99. The molecule has 0 N–H and O–H groups in total. The molecular formula is C16H14S4. The first-order valence-corrected chi connectivity index (χ1v) is 9.35. The third-order valence-electron chi connectivity index (χ3n) is 2.91. The van der Waals surface area contributed by atoms with E-state index in [1.54, 1.807) is 11.3 Å². The molecule has 0 spiro atoms. The summed E-state index contributed by atoms with van der Waals surface area (Å²) in [5, 5.41) is 2.33. The van der Waals surface area contributed by atoms with E-state index in [1.807, 2.05) is 29.6 Å². The van der Waals surface area contributed by atoms with Crippen molar-refractivity contribution in [1.82, 2.24) is 0 Å². The van der Waals surface area contributed by atoms with Gasteiger partial charge in [0, 0.05) is 24.4 Å². The van der Waals surface area contributed by atoms with Crippen LogP contribution in [0.15, 0.2) is 53.9 Å². The molecule has 3 rings (SSSR count). The predicted molar refractivity (Wildman–Crippen MR) is 97.5 cm³/mol. The van der Waals surface area contributed by atoms with Gasteiger partial charge in [-0.1, -0.05) is 18.2 Å². The number of rotatable bonds is 4. The van der Waals surface area contributed by atoms with Crippen molar-refractivity contribution in [2.24, 2.45) is 0 Å². The van der Waals surface area contributed by atoms with Crippen molar-refractivity contribution in [3.05, 3.63) is 58.8 Å². The molecule has 0 aliphatic rings. The molecule has 3 aromatic rings. The average Bonchev–Trinajstić information content (AvgIpc) is 3.19. The summed E-state index contributed by atoms with van der Waals surface area (Å²) in [5.41, 5.74) is 0. The van der Waals surface area contributed by atoms with Gasteiger partial charge in [-0.3, -0.25) is 0 Å². The van der Waals surface area contributed by atoms with Gasteiger partial charge in [-0.15, -0.1) is 34.0 Å². The van der Waals surface area contributed by atoms with E-state index in [0.29, 0.717) is 0 Å². The molecule has 0 bridgehead atoms. The van der Waals surface area contributed by atoms with Crippen molar-refractivity contribution in [3.8, 4) is 19.5 Å². The zero-order valence-electron chi connectivity index (χ0n) is 10.9. The van der Waals surface area contributed by atoms with E-state index in [4.69, 9.17) is 0 Å². The second kappa shape index (κ2) is 6.31. The van der Waals surface area contributed by atoms with Crippen LogP contribution < -0.4 is 0 Å². The van der Waals surface area contributed by atoms with E-state index in [2.05, 4.69) is 66.6 Å². The first kappa shape index (κ1) is 14.1. The predicted octanol–water partition coefficient (Wildman–Crippen LogP) is 6.75. The monoisotopic (exact) mass is 334 g/mol. The smallest absolute Gasteiger partial charge is 0.0540 e. The van der Waals surface area contributed by atoms with Crippen molar-refractivity contribution in [1.29, 1.82) is 0 Å². The minimum absolute atomic E-state index is 0.204. The molecule has 0 aliphatic carbocycles. The summed E-state index contributed by atoms with van der Waals surface area (Å²) in [6, 6.07) is 13.1. The van der Waals surface area contributed by atoms with Crippen LogP contribution in [0.5, 0.6) is 0 Å². The van der Waals surface area contributed by atoms with Crippen LogP contribution in [0.25, 0.3) is 19.5 Å². The minimum atomic E-state index is 0.204. The van der Waals surface area contributed by atoms with Crippen molar-refractivity contribution < 1.29 is 0 Å². The molecule has 4 heteroatoms. The number of hydrogen-bond acceptors (Lipinski definition) is 4. The summed E-state index contributed by atoms with van der Waals surface area (Å²) in [7, 11) is 0. The molecule has 0 aromatic carbocycles. The maximum atomic E-state index is 4.61. The number of allylic oxidation sites excluding steroid dienone is 1. The molecule has 0 aliphatic heterocycles. The molecule has 0 fully saturated rings. The summed E-state index contributed by atoms with van der Waals surface area (Å²) >= 11 is 10.1. The standard InChI is InChI=1S/C16H14S4/c1-2-4-11(17)12-6-7-15(19-12)16-9-8-14(20-16)13-5-3-10-18-13/h2-11,17H,1H3/b4-2-. The Labute approximate surface area is 136 Å². The van der Waals surface area contributed by atoms with Crippen LogP contribution in [0.3, 0.4) is 0 Å². The molecule has 0 nitrogen and oxygen atoms in total. The molecule has 102 valence electrons. The van der Waals surface area contributed by atoms with Crippen molar-refractivity contribution in [2.75, 3.05) is 0 Å². The van der Waals surface area contributed by atoms with Crippen LogP contribution in [0, 0.1) is 0 Å². The molecule has 3 aromatic heterocycles. The molecule has 3 heterocycles. The molecule has 20 heavy (non-hydrogen) atoms. The lowest BCUT2D eigenvalue weighted by molar-refractivity contribution is 1.30. The summed E-state index contributed by atoms with van der Waals surface area (Å²) in [6.07, 6.45) is 4.17. The van der Waals surface area contributed by atoms with E-state index in [1.165, 1.54) is 24.4 Å². The molecule has 1 unspecified atom stereocenters. The molecular weight excluding hydrogens is 320 g/mol. The normalized spacial score (nSPS) is 13.1. The van der Waals surface area contributed by atoms with Crippen LogP contribution in [0.2, 0.25) is 0 Å². The molecule has 1 atom stereocenters. The van der Waals surface area contributed by atoms with E-state index >= 15 is 0 Å². The Bertz CT molecular complexity index is 701. The minimum Gasteiger partial charge on any atom is -0.166 e. The Hall–Kier alpha value is -0.810. The van der Waals surface area contributed by atoms with Gasteiger partial charge in [-0.05, 0) is 42.6 Å². The van der Waals surface area contributed by atoms with Gasteiger partial charge in [-0.2, -0.15) is 12.6 Å². The highest BCUT2D eigenvalue weighted by Crippen LogP contribution is 2.40. The van der Waals surface area contributed by atoms with Crippen molar-refractivity contribution in [2.45, 2.75) is 12.2 Å². The number of hydrogen-bond donors (Lipinski definition) is 1. The molecule has 0 saturated carbocycles. The highest BCUT2D eigenvalue weighted by molar-refractivity contribution is 7.80. The summed E-state index contributed by atoms with van der Waals surface area (Å²) in [6.45, 7) is 2.03. The van der Waals surface area contributed by atoms with Crippen LogP contribution in [-0.4, -0.2) is 0 Å². The second-order valence-corrected chi connectivity index (χ2v) is 8.02. The Kier molecular flexibility index (Phi) is 4.46. The maximum absolute atomic E-state index is 4.61. The van der Waals surface area contributed by atoms with Crippen LogP contribution in [0.1, 0.15) is 17.1 Å². The average molecular weight is 335 g/mol. The summed E-state index contributed by atoms with van der Waals surface area (Å²) < 4.78 is 0. The zero-order chi connectivity index (χ0) is 13.9. The lowest BCUT2D eigenvalue weighted by atomic mass is 10.3. The molecule has 0 amide bonds. The van der Waals surface area contributed by atoms with Gasteiger partial charge < -0.3 is 0 Å². The third kappa shape index (κ3) is 2.93. The van der Waals surface area contributed by atoms with E-state index in [9.17, 15) is 0 Å². The van der Waals surface area contributed by atoms with Gasteiger partial charge in [0.25, 0.3) is 0 Å². The van der Waals surface area contributed by atoms with Gasteiger partial charge in [0.15, 0.2) is 0 Å². The lowest BCUT2D eigenvalue weighted by Crippen LogP contribution is -1.77. The molecule has 0 radical (unpaired) electrons. The largest absolute Gasteiger partial charge is 0.166 e. The van der Waals surface area contributed by atoms with Crippen molar-refractivity contribution in [3.63, 3.8) is 0 Å². The number of thiol groups is 1. The molecule has 0 saturated heterocycles. The fraction of sp³-hybridized carbons (Fsp3) is 0.125. The summed E-state index contributed by atoms with van der Waals surface area (Å²) in [4.78, 5) is 6.66.